The second kappa shape index (κ2) is 11.5. The highest BCUT2D eigenvalue weighted by atomic mass is 28.3. The Morgan fingerprint density at radius 1 is 0.900 bits per heavy atom. The Bertz CT molecular complexity index is 632. The largest absolute Gasteiger partial charge is 0.482 e. The summed E-state index contributed by atoms with van der Waals surface area (Å²) in [5.41, 5.74) is 0.608. The van der Waals surface area contributed by atoms with Gasteiger partial charge in [-0.3, -0.25) is 4.39 Å². The second-order valence-electron chi connectivity index (χ2n) is 9.09. The highest BCUT2D eigenvalue weighted by Crippen LogP contribution is 2.44. The van der Waals surface area contributed by atoms with Crippen LogP contribution in [0.25, 0.3) is 0 Å². The van der Waals surface area contributed by atoms with E-state index >= 15 is 0 Å². The maximum atomic E-state index is 14.2. The molecule has 0 unspecified atom stereocenters. The molecular weight excluding hydrogens is 415 g/mol. The first-order valence-corrected chi connectivity index (χ1v) is 13.9. The monoisotopic (exact) mass is 448 g/mol. The van der Waals surface area contributed by atoms with Gasteiger partial charge in [-0.1, -0.05) is 37.4 Å². The van der Waals surface area contributed by atoms with E-state index < -0.39 is 39.2 Å². The maximum absolute atomic E-state index is 14.2. The van der Waals surface area contributed by atoms with Gasteiger partial charge in [-0.05, 0) is 67.6 Å². The lowest BCUT2D eigenvalue weighted by atomic mass is 9.72. The predicted octanol–water partition coefficient (Wildman–Crippen LogP) is 7.27. The zero-order valence-electron chi connectivity index (χ0n) is 17.5. The van der Waals surface area contributed by atoms with E-state index in [0.717, 1.165) is 44.4 Å². The minimum Gasteiger partial charge on any atom is -0.482 e. The lowest BCUT2D eigenvalue weighted by Gasteiger charge is -2.37. The summed E-state index contributed by atoms with van der Waals surface area (Å²) in [4.78, 5) is 0. The van der Waals surface area contributed by atoms with E-state index in [2.05, 4.69) is 4.74 Å². The molecule has 2 fully saturated rings. The van der Waals surface area contributed by atoms with Gasteiger partial charge < -0.3 is 4.74 Å². The van der Waals surface area contributed by atoms with Gasteiger partial charge in [0.05, 0.1) is 6.67 Å². The van der Waals surface area contributed by atoms with Gasteiger partial charge in [0.2, 0.25) is 0 Å². The van der Waals surface area contributed by atoms with Gasteiger partial charge in [0.1, 0.15) is 6.61 Å². The standard InChI is InChI=1S/C23H33F5OSi/c24-9-1-2-10-30-11-7-18(8-12-30)16-3-5-17(6-4-16)19-13-20(25)23(21(26)14-19)29-15-22(27)28/h13-14,16-18,22,30H,1-12,15H2/t16?,17?,18-,30-. The van der Waals surface area contributed by atoms with Crippen LogP contribution in [0.1, 0.15) is 62.8 Å². The molecule has 0 atom stereocenters. The van der Waals surface area contributed by atoms with Crippen molar-refractivity contribution in [1.29, 1.82) is 0 Å². The molecule has 2 aliphatic rings. The Hall–Kier alpha value is -1.11. The summed E-state index contributed by atoms with van der Waals surface area (Å²) < 4.78 is 69.8. The van der Waals surface area contributed by atoms with Crippen molar-refractivity contribution in [3.8, 4) is 5.75 Å². The molecule has 1 saturated carbocycles. The van der Waals surface area contributed by atoms with Crippen LogP contribution >= 0.6 is 0 Å². The average Bonchev–Trinajstić information content (AvgIpc) is 2.74. The molecule has 0 N–H and O–H groups in total. The fourth-order valence-electron chi connectivity index (χ4n) is 5.50. The van der Waals surface area contributed by atoms with Crippen molar-refractivity contribution in [2.24, 2.45) is 11.8 Å². The van der Waals surface area contributed by atoms with Crippen LogP contribution in [0.3, 0.4) is 0 Å². The van der Waals surface area contributed by atoms with Crippen LogP contribution in [0.5, 0.6) is 5.75 Å². The molecule has 7 heteroatoms. The Morgan fingerprint density at radius 3 is 2.07 bits per heavy atom. The first-order chi connectivity index (χ1) is 14.5. The number of rotatable bonds is 9. The van der Waals surface area contributed by atoms with Crippen LogP contribution in [-0.2, 0) is 0 Å². The van der Waals surface area contributed by atoms with E-state index in [9.17, 15) is 22.0 Å². The summed E-state index contributed by atoms with van der Waals surface area (Å²) in [5, 5.41) is 0. The summed E-state index contributed by atoms with van der Waals surface area (Å²) in [6, 6.07) is 6.56. The minimum atomic E-state index is -2.77. The van der Waals surface area contributed by atoms with E-state index in [1.807, 2.05) is 0 Å². The molecular formula is C23H33F5OSi. The van der Waals surface area contributed by atoms with Crippen LogP contribution in [0.4, 0.5) is 22.0 Å². The molecule has 1 nitrogen and oxygen atoms in total. The van der Waals surface area contributed by atoms with Crippen LogP contribution in [0.2, 0.25) is 18.1 Å². The van der Waals surface area contributed by atoms with Crippen LogP contribution < -0.4 is 4.74 Å². The third-order valence-corrected chi connectivity index (χ3v) is 10.7. The molecule has 1 aliphatic carbocycles. The third kappa shape index (κ3) is 6.44. The summed E-state index contributed by atoms with van der Waals surface area (Å²) >= 11 is 0. The second-order valence-corrected chi connectivity index (χ2v) is 12.6. The molecule has 170 valence electrons. The lowest BCUT2D eigenvalue weighted by Crippen LogP contribution is -2.28. The first-order valence-electron chi connectivity index (χ1n) is 11.4. The Kier molecular flexibility index (Phi) is 9.02. The number of alkyl halides is 3. The summed E-state index contributed by atoms with van der Waals surface area (Å²) in [7, 11) is -0.650. The Labute approximate surface area is 178 Å². The molecule has 0 spiro atoms. The molecule has 1 aromatic carbocycles. The molecule has 1 aliphatic heterocycles. The molecule has 0 radical (unpaired) electrons. The Balaban J connectivity index is 1.48. The number of hydrogen-bond acceptors (Lipinski definition) is 1. The quantitative estimate of drug-likeness (QED) is 0.219. The van der Waals surface area contributed by atoms with Gasteiger partial charge in [0.15, 0.2) is 17.4 Å². The molecule has 1 aromatic rings. The molecule has 0 aromatic heterocycles. The predicted molar refractivity (Wildman–Crippen MR) is 112 cm³/mol. The van der Waals surface area contributed by atoms with E-state index in [0.29, 0.717) is 11.5 Å². The van der Waals surface area contributed by atoms with Crippen molar-refractivity contribution in [1.82, 2.24) is 0 Å². The average molecular weight is 449 g/mol. The topological polar surface area (TPSA) is 9.23 Å². The third-order valence-electron chi connectivity index (χ3n) is 7.17. The number of benzene rings is 1. The molecule has 0 amide bonds. The zero-order chi connectivity index (χ0) is 21.5. The van der Waals surface area contributed by atoms with Crippen LogP contribution in [0, 0.1) is 23.5 Å². The van der Waals surface area contributed by atoms with Crippen molar-refractivity contribution in [2.45, 2.75) is 81.8 Å². The fourth-order valence-corrected chi connectivity index (χ4v) is 9.03. The van der Waals surface area contributed by atoms with E-state index in [1.165, 1.54) is 43.1 Å². The number of halogens is 5. The molecule has 1 heterocycles. The van der Waals surface area contributed by atoms with Crippen molar-refractivity contribution >= 4 is 8.80 Å². The Morgan fingerprint density at radius 2 is 1.50 bits per heavy atom. The van der Waals surface area contributed by atoms with Gasteiger partial charge in [-0.2, -0.15) is 0 Å². The van der Waals surface area contributed by atoms with Gasteiger partial charge in [0.25, 0.3) is 6.43 Å². The summed E-state index contributed by atoms with van der Waals surface area (Å²) in [6.07, 6.45) is 5.60. The maximum Gasteiger partial charge on any atom is 0.272 e. The van der Waals surface area contributed by atoms with Crippen LogP contribution in [0.15, 0.2) is 12.1 Å². The van der Waals surface area contributed by atoms with E-state index in [1.54, 1.807) is 0 Å². The van der Waals surface area contributed by atoms with Crippen molar-refractivity contribution in [3.63, 3.8) is 0 Å². The smallest absolute Gasteiger partial charge is 0.272 e. The van der Waals surface area contributed by atoms with E-state index in [4.69, 9.17) is 0 Å². The molecule has 1 saturated heterocycles. The minimum absolute atomic E-state index is 0.112. The van der Waals surface area contributed by atoms with Gasteiger partial charge >= 0.3 is 0 Å². The highest BCUT2D eigenvalue weighted by Gasteiger charge is 2.32. The fraction of sp³-hybridized carbons (Fsp3) is 0.739. The van der Waals surface area contributed by atoms with Gasteiger partial charge in [-0.15, -0.1) is 0 Å². The summed E-state index contributed by atoms with van der Waals surface area (Å²) in [5.74, 6) is -0.923. The molecule has 3 rings (SSSR count). The van der Waals surface area contributed by atoms with Crippen molar-refractivity contribution < 1.29 is 26.7 Å². The van der Waals surface area contributed by atoms with Crippen molar-refractivity contribution in [3.05, 3.63) is 29.3 Å². The summed E-state index contributed by atoms with van der Waals surface area (Å²) in [6.45, 7) is -1.20. The van der Waals surface area contributed by atoms with E-state index in [-0.39, 0.29) is 12.6 Å². The molecule has 0 bridgehead atoms. The van der Waals surface area contributed by atoms with Gasteiger partial charge in [-0.25, -0.2) is 17.6 Å². The number of unbranched alkanes of at least 4 members (excludes halogenated alkanes) is 1. The first kappa shape index (κ1) is 23.5. The number of ether oxygens (including phenoxy) is 1. The zero-order valence-corrected chi connectivity index (χ0v) is 18.7. The highest BCUT2D eigenvalue weighted by molar-refractivity contribution is 6.58. The lowest BCUT2D eigenvalue weighted by molar-refractivity contribution is 0.0777. The van der Waals surface area contributed by atoms with Crippen LogP contribution in [-0.4, -0.2) is 28.5 Å². The molecule has 30 heavy (non-hydrogen) atoms. The van der Waals surface area contributed by atoms with Gasteiger partial charge in [0, 0.05) is 8.80 Å². The normalized spacial score (nSPS) is 27.4. The SMILES string of the molecule is FCCCC[Si@H]1CC[C@H](C2CCC(c3cc(F)c(OCC(F)F)c(F)c3)CC2)CC1. The number of hydrogen-bond donors (Lipinski definition) is 0. The van der Waals surface area contributed by atoms with Crippen molar-refractivity contribution in [2.75, 3.05) is 13.3 Å².